The molecule has 0 bridgehead atoms. The zero-order chi connectivity index (χ0) is 19.7. The molecule has 0 amide bonds. The Morgan fingerprint density at radius 3 is 2.75 bits per heavy atom. The van der Waals surface area contributed by atoms with Crippen molar-refractivity contribution >= 4 is 5.97 Å². The van der Waals surface area contributed by atoms with Gasteiger partial charge in [0.1, 0.15) is 5.76 Å². The van der Waals surface area contributed by atoms with E-state index in [9.17, 15) is 9.59 Å². The van der Waals surface area contributed by atoms with Gasteiger partial charge in [0.2, 0.25) is 5.88 Å². The van der Waals surface area contributed by atoms with Gasteiger partial charge < -0.3 is 14.5 Å². The van der Waals surface area contributed by atoms with Gasteiger partial charge in [-0.15, -0.1) is 0 Å². The number of nitrogens with one attached hydrogen (secondary N) is 1. The number of nitrogens with zero attached hydrogens (tertiary/aromatic N) is 1. The summed E-state index contributed by atoms with van der Waals surface area (Å²) in [5.41, 5.74) is 1.08. The van der Waals surface area contributed by atoms with Gasteiger partial charge in [-0.3, -0.25) is 9.59 Å². The molecule has 1 unspecified atom stereocenters. The fraction of sp³-hybridized carbons (Fsp3) is 0.318. The number of pyridine rings is 2. The smallest absolute Gasteiger partial charge is 0.319 e. The van der Waals surface area contributed by atoms with E-state index in [1.807, 2.05) is 31.2 Å². The Morgan fingerprint density at radius 1 is 1.29 bits per heavy atom. The molecule has 1 saturated carbocycles. The molecule has 1 N–H and O–H groups in total. The molecular formula is C22H22N2O4. The van der Waals surface area contributed by atoms with Crippen LogP contribution in [0.5, 0.6) is 5.88 Å². The second-order valence-electron chi connectivity index (χ2n) is 7.29. The van der Waals surface area contributed by atoms with Crippen LogP contribution < -0.4 is 10.3 Å². The third kappa shape index (κ3) is 3.26. The minimum atomic E-state index is -0.497. The molecule has 2 aliphatic carbocycles. The predicted octanol–water partition coefficient (Wildman–Crippen LogP) is 3.54. The van der Waals surface area contributed by atoms with Crippen molar-refractivity contribution in [1.29, 1.82) is 0 Å². The summed E-state index contributed by atoms with van der Waals surface area (Å²) in [6.45, 7) is 1.87. The van der Waals surface area contributed by atoms with E-state index in [-0.39, 0.29) is 23.3 Å². The topological polar surface area (TPSA) is 81.3 Å². The van der Waals surface area contributed by atoms with Gasteiger partial charge in [-0.1, -0.05) is 12.1 Å². The molecule has 0 aromatic carbocycles. The number of aryl methyl sites for hydroxylation is 1. The van der Waals surface area contributed by atoms with Gasteiger partial charge >= 0.3 is 5.97 Å². The Bertz CT molecular complexity index is 1030. The number of carbonyl (C=O) groups is 1. The van der Waals surface area contributed by atoms with Gasteiger partial charge in [0.25, 0.3) is 5.56 Å². The average Bonchev–Trinajstić information content (AvgIpc) is 3.52. The van der Waals surface area contributed by atoms with E-state index in [0.717, 1.165) is 30.6 Å². The third-order valence-electron chi connectivity index (χ3n) is 5.55. The van der Waals surface area contributed by atoms with Gasteiger partial charge in [0.05, 0.1) is 23.8 Å². The zero-order valence-electron chi connectivity index (χ0n) is 15.9. The number of esters is 1. The van der Waals surface area contributed by atoms with Crippen LogP contribution in [0.15, 0.2) is 59.2 Å². The summed E-state index contributed by atoms with van der Waals surface area (Å²) < 4.78 is 10.9. The number of allylic oxidation sites excluding steroid dienone is 3. The van der Waals surface area contributed by atoms with Crippen LogP contribution in [-0.2, 0) is 9.53 Å². The van der Waals surface area contributed by atoms with E-state index < -0.39 is 5.41 Å². The lowest BCUT2D eigenvalue weighted by molar-refractivity contribution is -0.142. The molecule has 2 aromatic rings. The Morgan fingerprint density at radius 2 is 2.11 bits per heavy atom. The monoisotopic (exact) mass is 378 g/mol. The van der Waals surface area contributed by atoms with Crippen LogP contribution in [0.1, 0.15) is 24.8 Å². The van der Waals surface area contributed by atoms with E-state index in [1.54, 1.807) is 31.5 Å². The normalized spacial score (nSPS) is 19.6. The number of hydrogen-bond acceptors (Lipinski definition) is 5. The molecule has 6 heteroatoms. The number of hydrogen-bond donors (Lipinski definition) is 1. The fourth-order valence-corrected chi connectivity index (χ4v) is 3.67. The van der Waals surface area contributed by atoms with Crippen LogP contribution in [0.4, 0.5) is 0 Å². The number of aromatic nitrogens is 2. The van der Waals surface area contributed by atoms with Crippen LogP contribution in [0.25, 0.3) is 11.3 Å². The van der Waals surface area contributed by atoms with Gasteiger partial charge in [-0.2, -0.15) is 0 Å². The van der Waals surface area contributed by atoms with E-state index >= 15 is 0 Å². The largest absolute Gasteiger partial charge is 0.497 e. The van der Waals surface area contributed by atoms with Gasteiger partial charge in [-0.05, 0) is 62.0 Å². The molecule has 2 heterocycles. The summed E-state index contributed by atoms with van der Waals surface area (Å²) in [6.07, 6.45) is 9.86. The average molecular weight is 378 g/mol. The van der Waals surface area contributed by atoms with E-state index in [1.165, 1.54) is 0 Å². The Hall–Kier alpha value is -3.15. The number of methoxy groups -OCH3 is 1. The molecule has 0 radical (unpaired) electrons. The van der Waals surface area contributed by atoms with E-state index in [2.05, 4.69) is 9.97 Å². The lowest BCUT2D eigenvalue weighted by Crippen LogP contribution is -2.29. The number of H-pyrrole nitrogens is 1. The highest BCUT2D eigenvalue weighted by atomic mass is 16.5. The number of carbonyl (C=O) groups excluding carboxylic acids is 1. The van der Waals surface area contributed by atoms with Crippen LogP contribution in [0.3, 0.4) is 0 Å². The van der Waals surface area contributed by atoms with E-state index in [0.29, 0.717) is 11.3 Å². The Kier molecular flexibility index (Phi) is 4.63. The highest BCUT2D eigenvalue weighted by molar-refractivity contribution is 5.82. The molecule has 28 heavy (non-hydrogen) atoms. The van der Waals surface area contributed by atoms with Crippen molar-refractivity contribution in [2.75, 3.05) is 7.11 Å². The molecule has 2 aromatic heterocycles. The highest BCUT2D eigenvalue weighted by Gasteiger charge is 2.56. The molecule has 1 fully saturated rings. The van der Waals surface area contributed by atoms with Crippen LogP contribution in [0.2, 0.25) is 0 Å². The van der Waals surface area contributed by atoms with Crippen LogP contribution >= 0.6 is 0 Å². The minimum absolute atomic E-state index is 0.0980. The highest BCUT2D eigenvalue weighted by Crippen LogP contribution is 2.55. The first-order chi connectivity index (χ1) is 13.5. The first kappa shape index (κ1) is 18.2. The summed E-state index contributed by atoms with van der Waals surface area (Å²) in [7, 11) is 1.64. The lowest BCUT2D eigenvalue weighted by Gasteiger charge is -2.24. The third-order valence-corrected chi connectivity index (χ3v) is 5.55. The maximum atomic E-state index is 12.9. The molecule has 6 nitrogen and oxygen atoms in total. The SMILES string of the molecule is COC1=CCC(C2(C(=O)Oc3ccc(C)c(-c4ccc[nH]c4=O)n3)CC2)C=C1. The maximum Gasteiger partial charge on any atom is 0.319 e. The lowest BCUT2D eigenvalue weighted by atomic mass is 9.84. The van der Waals surface area contributed by atoms with Crippen molar-refractivity contribution in [3.63, 3.8) is 0 Å². The maximum absolute atomic E-state index is 12.9. The second-order valence-corrected chi connectivity index (χ2v) is 7.29. The summed E-state index contributed by atoms with van der Waals surface area (Å²) in [6, 6.07) is 6.93. The zero-order valence-corrected chi connectivity index (χ0v) is 15.9. The molecular weight excluding hydrogens is 356 g/mol. The predicted molar refractivity (Wildman–Crippen MR) is 105 cm³/mol. The summed E-state index contributed by atoms with van der Waals surface area (Å²) in [5.74, 6) is 0.868. The van der Waals surface area contributed by atoms with Crippen molar-refractivity contribution in [3.8, 4) is 17.1 Å². The van der Waals surface area contributed by atoms with Crippen LogP contribution in [-0.4, -0.2) is 23.0 Å². The second kappa shape index (κ2) is 7.11. The van der Waals surface area contributed by atoms with Crippen molar-refractivity contribution < 1.29 is 14.3 Å². The standard InChI is InChI=1S/C22H22N2O4/c1-14-5-10-18(24-19(14)17-4-3-13-23-20(17)25)28-21(26)22(11-12-22)15-6-8-16(27-2)9-7-15/h3-6,8-10,13,15H,7,11-12H2,1-2H3,(H,23,25). The van der Waals surface area contributed by atoms with Crippen LogP contribution in [0, 0.1) is 18.3 Å². The molecule has 1 atom stereocenters. The van der Waals surface area contributed by atoms with Crippen molar-refractivity contribution in [2.24, 2.45) is 11.3 Å². The first-order valence-corrected chi connectivity index (χ1v) is 9.34. The van der Waals surface area contributed by atoms with Gasteiger partial charge in [-0.25, -0.2) is 4.98 Å². The first-order valence-electron chi connectivity index (χ1n) is 9.34. The molecule has 0 spiro atoms. The minimum Gasteiger partial charge on any atom is -0.497 e. The molecule has 0 saturated heterocycles. The van der Waals surface area contributed by atoms with Crippen molar-refractivity contribution in [3.05, 3.63) is 70.4 Å². The van der Waals surface area contributed by atoms with Crippen molar-refractivity contribution in [2.45, 2.75) is 26.2 Å². The number of aromatic amines is 1. The molecule has 2 aliphatic rings. The van der Waals surface area contributed by atoms with Crippen molar-refractivity contribution in [1.82, 2.24) is 9.97 Å². The molecule has 0 aliphatic heterocycles. The number of rotatable bonds is 5. The fourth-order valence-electron chi connectivity index (χ4n) is 3.67. The van der Waals surface area contributed by atoms with Gasteiger partial charge in [0.15, 0.2) is 0 Å². The Labute approximate surface area is 162 Å². The number of ether oxygens (including phenoxy) is 2. The molecule has 4 rings (SSSR count). The summed E-state index contributed by atoms with van der Waals surface area (Å²) >= 11 is 0. The molecule has 144 valence electrons. The summed E-state index contributed by atoms with van der Waals surface area (Å²) in [4.78, 5) is 32.1. The Balaban J connectivity index is 1.55. The quantitative estimate of drug-likeness (QED) is 0.805. The van der Waals surface area contributed by atoms with E-state index in [4.69, 9.17) is 9.47 Å². The van der Waals surface area contributed by atoms with Gasteiger partial charge in [0, 0.05) is 12.3 Å². The summed E-state index contributed by atoms with van der Waals surface area (Å²) in [5, 5.41) is 0.